The molecule has 196 valence electrons. The second-order valence-electron chi connectivity index (χ2n) is 8.00. The fraction of sp³-hybridized carbons (Fsp3) is 0.115. The number of ether oxygens (including phenoxy) is 1. The molecule has 0 spiro atoms. The highest BCUT2D eigenvalue weighted by molar-refractivity contribution is 14.1. The third-order valence-electron chi connectivity index (χ3n) is 5.21. The highest BCUT2D eigenvalue weighted by Crippen LogP contribution is 2.34. The van der Waals surface area contributed by atoms with Gasteiger partial charge in [0.15, 0.2) is 0 Å². The van der Waals surface area contributed by atoms with Gasteiger partial charge in [-0.2, -0.15) is 13.2 Å². The molecule has 0 saturated carbocycles. The van der Waals surface area contributed by atoms with Crippen molar-refractivity contribution in [3.63, 3.8) is 0 Å². The van der Waals surface area contributed by atoms with E-state index in [-0.39, 0.29) is 10.6 Å². The molecule has 38 heavy (non-hydrogen) atoms. The Balaban J connectivity index is 1.39. The lowest BCUT2D eigenvalue weighted by Crippen LogP contribution is -2.36. The first-order chi connectivity index (χ1) is 18.0. The summed E-state index contributed by atoms with van der Waals surface area (Å²) in [6.45, 7) is -0.247. The number of carbonyl (C=O) groups excluding carboxylic acids is 3. The molecule has 12 heteroatoms. The van der Waals surface area contributed by atoms with E-state index in [0.717, 1.165) is 36.7 Å². The van der Waals surface area contributed by atoms with Gasteiger partial charge in [0.1, 0.15) is 18.9 Å². The van der Waals surface area contributed by atoms with E-state index >= 15 is 0 Å². The van der Waals surface area contributed by atoms with Gasteiger partial charge >= 0.3 is 6.18 Å². The normalized spacial score (nSPS) is 14.8. The molecule has 6 nitrogen and oxygen atoms in total. The minimum absolute atomic E-state index is 0.0932. The Hall–Kier alpha value is -2.84. The van der Waals surface area contributed by atoms with Crippen molar-refractivity contribution in [1.29, 1.82) is 0 Å². The van der Waals surface area contributed by atoms with Crippen molar-refractivity contribution in [3.8, 4) is 5.75 Å². The zero-order valence-corrected chi connectivity index (χ0v) is 23.8. The lowest BCUT2D eigenvalue weighted by molar-refractivity contribution is -0.137. The number of anilines is 1. The minimum Gasteiger partial charge on any atom is -0.488 e. The average molecular weight is 717 g/mol. The average Bonchev–Trinajstić information content (AvgIpc) is 3.11. The summed E-state index contributed by atoms with van der Waals surface area (Å²) in [6.07, 6.45) is -3.03. The molecule has 0 atom stereocenters. The molecule has 1 aliphatic heterocycles. The molecule has 1 N–H and O–H groups in total. The van der Waals surface area contributed by atoms with Crippen LogP contribution >= 0.6 is 50.3 Å². The Morgan fingerprint density at radius 2 is 1.82 bits per heavy atom. The quantitative estimate of drug-likeness (QED) is 0.205. The summed E-state index contributed by atoms with van der Waals surface area (Å²) < 4.78 is 46.3. The number of thioether (sulfide) groups is 1. The molecular weight excluding hydrogens is 700 g/mol. The van der Waals surface area contributed by atoms with Crippen molar-refractivity contribution in [2.45, 2.75) is 12.8 Å². The molecule has 0 unspecified atom stereocenters. The van der Waals surface area contributed by atoms with E-state index in [2.05, 4.69) is 43.8 Å². The number of hydrogen-bond acceptors (Lipinski definition) is 5. The van der Waals surface area contributed by atoms with Gasteiger partial charge in [0.2, 0.25) is 5.91 Å². The summed E-state index contributed by atoms with van der Waals surface area (Å²) in [5.74, 6) is -0.801. The number of nitrogens with one attached hydrogen (secondary N) is 1. The summed E-state index contributed by atoms with van der Waals surface area (Å²) in [5.41, 5.74) is 0.635. The van der Waals surface area contributed by atoms with Crippen molar-refractivity contribution in [2.75, 3.05) is 11.9 Å². The second kappa shape index (κ2) is 11.9. The Kier molecular flexibility index (Phi) is 8.83. The summed E-state index contributed by atoms with van der Waals surface area (Å²) in [5, 5.41) is 1.65. The van der Waals surface area contributed by atoms with Gasteiger partial charge < -0.3 is 10.1 Å². The number of imide groups is 1. The van der Waals surface area contributed by atoms with Crippen LogP contribution < -0.4 is 10.1 Å². The minimum atomic E-state index is -4.57. The highest BCUT2D eigenvalue weighted by Gasteiger charge is 2.36. The first kappa shape index (κ1) is 28.2. The molecule has 3 amide bonds. The third kappa shape index (κ3) is 7.17. The van der Waals surface area contributed by atoms with Crippen LogP contribution in [0.5, 0.6) is 5.75 Å². The number of rotatable bonds is 7. The topological polar surface area (TPSA) is 75.7 Å². The largest absolute Gasteiger partial charge is 0.488 e. The summed E-state index contributed by atoms with van der Waals surface area (Å²) in [7, 11) is 0. The van der Waals surface area contributed by atoms with Crippen LogP contribution in [0, 0.1) is 3.57 Å². The van der Waals surface area contributed by atoms with E-state index in [1.807, 2.05) is 24.3 Å². The van der Waals surface area contributed by atoms with Gasteiger partial charge in [0.25, 0.3) is 11.1 Å². The summed E-state index contributed by atoms with van der Waals surface area (Å²) >= 11 is 6.19. The number of amides is 3. The van der Waals surface area contributed by atoms with Crippen molar-refractivity contribution < 1.29 is 32.3 Å². The Morgan fingerprint density at radius 3 is 2.50 bits per heavy atom. The van der Waals surface area contributed by atoms with Crippen molar-refractivity contribution >= 4 is 79.1 Å². The Labute approximate surface area is 241 Å². The molecule has 0 bridgehead atoms. The standard InChI is InChI=1S/C26H17BrF3IN2O4S/c27-18-7-4-15(5-8-18)14-37-21-9-6-16(10-20(21)31)11-22-24(35)33(25(36)38-22)13-23(34)32-19-3-1-2-17(12-19)26(28,29)30/h1-12H,13-14H2,(H,32,34)/b22-11-. The predicted octanol–water partition coefficient (Wildman–Crippen LogP) is 7.33. The lowest BCUT2D eigenvalue weighted by atomic mass is 10.2. The monoisotopic (exact) mass is 716 g/mol. The predicted molar refractivity (Wildman–Crippen MR) is 150 cm³/mol. The maximum Gasteiger partial charge on any atom is 0.416 e. The van der Waals surface area contributed by atoms with Gasteiger partial charge in [-0.25, -0.2) is 0 Å². The Bertz CT molecular complexity index is 1430. The maximum absolute atomic E-state index is 12.9. The van der Waals surface area contributed by atoms with Crippen LogP contribution in [0.15, 0.2) is 76.1 Å². The number of carbonyl (C=O) groups is 3. The van der Waals surface area contributed by atoms with Gasteiger partial charge in [-0.05, 0) is 94.0 Å². The van der Waals surface area contributed by atoms with Crippen LogP contribution in [0.2, 0.25) is 0 Å². The molecule has 0 radical (unpaired) electrons. The molecule has 1 fully saturated rings. The number of alkyl halides is 3. The Morgan fingerprint density at radius 1 is 1.08 bits per heavy atom. The van der Waals surface area contributed by atoms with Gasteiger partial charge in [0, 0.05) is 10.2 Å². The van der Waals surface area contributed by atoms with Crippen molar-refractivity contribution in [3.05, 3.63) is 96.4 Å². The van der Waals surface area contributed by atoms with Crippen molar-refractivity contribution in [1.82, 2.24) is 4.90 Å². The van der Waals surface area contributed by atoms with E-state index < -0.39 is 35.3 Å². The molecular formula is C26H17BrF3IN2O4S. The van der Waals surface area contributed by atoms with E-state index in [4.69, 9.17) is 4.74 Å². The highest BCUT2D eigenvalue weighted by atomic mass is 127. The molecule has 1 heterocycles. The smallest absolute Gasteiger partial charge is 0.416 e. The number of nitrogens with zero attached hydrogens (tertiary/aromatic N) is 1. The summed E-state index contributed by atoms with van der Waals surface area (Å²) in [4.78, 5) is 38.4. The fourth-order valence-corrected chi connectivity index (χ4v) is 5.17. The zero-order chi connectivity index (χ0) is 27.4. The second-order valence-corrected chi connectivity index (χ2v) is 11.1. The first-order valence-corrected chi connectivity index (χ1v) is 13.6. The van der Waals surface area contributed by atoms with Gasteiger partial charge in [0.05, 0.1) is 14.0 Å². The van der Waals surface area contributed by atoms with Crippen LogP contribution in [-0.4, -0.2) is 28.5 Å². The van der Waals surface area contributed by atoms with Crippen LogP contribution in [0.25, 0.3) is 6.08 Å². The van der Waals surface area contributed by atoms with E-state index in [9.17, 15) is 27.6 Å². The number of benzene rings is 3. The summed E-state index contributed by atoms with van der Waals surface area (Å²) in [6, 6.07) is 17.1. The van der Waals surface area contributed by atoms with Crippen LogP contribution in [0.4, 0.5) is 23.7 Å². The molecule has 0 aliphatic carbocycles. The SMILES string of the molecule is O=C(CN1C(=O)S/C(=C\c2ccc(OCc3ccc(Br)cc3)c(I)c2)C1=O)Nc1cccc(C(F)(F)F)c1. The number of hydrogen-bond donors (Lipinski definition) is 1. The fourth-order valence-electron chi connectivity index (χ4n) is 3.37. The van der Waals surface area contributed by atoms with Crippen LogP contribution in [0.3, 0.4) is 0 Å². The molecule has 4 rings (SSSR count). The van der Waals surface area contributed by atoms with Crippen LogP contribution in [0.1, 0.15) is 16.7 Å². The maximum atomic E-state index is 12.9. The molecule has 3 aromatic rings. The van der Waals surface area contributed by atoms with Crippen LogP contribution in [-0.2, 0) is 22.4 Å². The van der Waals surface area contributed by atoms with E-state index in [1.165, 1.54) is 12.1 Å². The van der Waals surface area contributed by atoms with Crippen molar-refractivity contribution in [2.24, 2.45) is 0 Å². The molecule has 1 saturated heterocycles. The molecule has 1 aliphatic rings. The van der Waals surface area contributed by atoms with Gasteiger partial charge in [-0.1, -0.05) is 40.2 Å². The van der Waals surface area contributed by atoms with Gasteiger partial charge in [-0.3, -0.25) is 19.3 Å². The van der Waals surface area contributed by atoms with E-state index in [0.29, 0.717) is 29.7 Å². The molecule has 0 aromatic heterocycles. The molecule has 3 aromatic carbocycles. The zero-order valence-electron chi connectivity index (χ0n) is 19.2. The van der Waals surface area contributed by atoms with E-state index in [1.54, 1.807) is 18.2 Å². The lowest BCUT2D eigenvalue weighted by Gasteiger charge is -2.13. The number of halogens is 5. The first-order valence-electron chi connectivity index (χ1n) is 10.9. The third-order valence-corrected chi connectivity index (χ3v) is 7.49. The van der Waals surface area contributed by atoms with Gasteiger partial charge in [-0.15, -0.1) is 0 Å².